The molecule has 5 heteroatoms. The van der Waals surface area contributed by atoms with E-state index in [2.05, 4.69) is 33.0 Å². The summed E-state index contributed by atoms with van der Waals surface area (Å²) in [6, 6.07) is 6.13. The van der Waals surface area contributed by atoms with Crippen LogP contribution in [-0.2, 0) is 4.74 Å². The van der Waals surface area contributed by atoms with Crippen molar-refractivity contribution in [2.24, 2.45) is 0 Å². The van der Waals surface area contributed by atoms with Crippen LogP contribution in [0.3, 0.4) is 0 Å². The maximum absolute atomic E-state index is 13.1. The van der Waals surface area contributed by atoms with E-state index >= 15 is 0 Å². The summed E-state index contributed by atoms with van der Waals surface area (Å²) in [6.07, 6.45) is 9.41. The summed E-state index contributed by atoms with van der Waals surface area (Å²) in [6.45, 7) is 12.7. The number of fused-ring (bicyclic) bond motifs is 1. The molecule has 0 amide bonds. The van der Waals surface area contributed by atoms with Crippen molar-refractivity contribution in [1.29, 1.82) is 0 Å². The number of nitrogens with zero attached hydrogens (tertiary/aromatic N) is 1. The zero-order valence-electron chi connectivity index (χ0n) is 20.8. The number of aromatic nitrogens is 1. The second-order valence-corrected chi connectivity index (χ2v) is 23.0. The van der Waals surface area contributed by atoms with Crippen molar-refractivity contribution in [1.82, 2.24) is 4.57 Å². The van der Waals surface area contributed by atoms with Crippen molar-refractivity contribution in [2.75, 3.05) is 7.11 Å². The van der Waals surface area contributed by atoms with E-state index < -0.39 is 24.0 Å². The van der Waals surface area contributed by atoms with E-state index in [4.69, 9.17) is 9.47 Å². The van der Waals surface area contributed by atoms with Crippen LogP contribution in [0.5, 0.6) is 5.75 Å². The Morgan fingerprint density at radius 2 is 1.52 bits per heavy atom. The van der Waals surface area contributed by atoms with Crippen LogP contribution in [0, 0.1) is 0 Å². The molecule has 174 valence electrons. The molecule has 0 aliphatic carbocycles. The molecule has 1 heterocycles. The monoisotopic (exact) mass is 537 g/mol. The standard InChI is InChI=1S/C14H16NO3.3C4H9.Sn/c1-14(2,3)18-13(16)15-8-7-10-9-11(17-4)5-6-12(10)15;3*1-3-4-2;/h5-6,8-9H,1-4H3;3*1,3-4H2,2H3;. The van der Waals surface area contributed by atoms with Gasteiger partial charge in [0.2, 0.25) is 0 Å². The number of hydrogen-bond donors (Lipinski definition) is 0. The van der Waals surface area contributed by atoms with Crippen LogP contribution < -0.4 is 8.32 Å². The molecule has 4 nitrogen and oxygen atoms in total. The Kier molecular flexibility index (Phi) is 9.78. The summed E-state index contributed by atoms with van der Waals surface area (Å²) in [5, 5.41) is 1.21. The average Bonchev–Trinajstić information content (AvgIpc) is 3.12. The molecular formula is C26H43NO3Sn. The second kappa shape index (κ2) is 11.6. The summed E-state index contributed by atoms with van der Waals surface area (Å²) in [7, 11) is 1.72. The molecule has 0 spiro atoms. The number of rotatable bonds is 11. The summed E-state index contributed by atoms with van der Waals surface area (Å²) < 4.78 is 18.7. The van der Waals surface area contributed by atoms with Gasteiger partial charge in [0.15, 0.2) is 0 Å². The third kappa shape index (κ3) is 6.66. The Morgan fingerprint density at radius 3 is 1.97 bits per heavy atom. The van der Waals surface area contributed by atoms with Crippen molar-refractivity contribution < 1.29 is 14.3 Å². The molecule has 31 heavy (non-hydrogen) atoms. The van der Waals surface area contributed by atoms with Gasteiger partial charge in [-0.15, -0.1) is 0 Å². The summed E-state index contributed by atoms with van der Waals surface area (Å²) in [5.74, 6) is 0.859. The van der Waals surface area contributed by atoms with Crippen LogP contribution in [0.25, 0.3) is 10.9 Å². The molecular weight excluding hydrogens is 493 g/mol. The van der Waals surface area contributed by atoms with E-state index in [-0.39, 0.29) is 6.09 Å². The van der Waals surface area contributed by atoms with Crippen LogP contribution in [0.1, 0.15) is 80.1 Å². The number of unbranched alkanes of at least 4 members (excludes halogenated alkanes) is 3. The Balaban J connectivity index is 2.72. The molecule has 0 bridgehead atoms. The average molecular weight is 536 g/mol. The van der Waals surface area contributed by atoms with Gasteiger partial charge in [0.25, 0.3) is 0 Å². The Bertz CT molecular complexity index is 828. The summed E-state index contributed by atoms with van der Waals surface area (Å²) in [5.41, 5.74) is 0.434. The molecule has 0 N–H and O–H groups in total. The van der Waals surface area contributed by atoms with Gasteiger partial charge in [-0.3, -0.25) is 0 Å². The van der Waals surface area contributed by atoms with Crippen LogP contribution in [0.4, 0.5) is 4.79 Å². The zero-order valence-corrected chi connectivity index (χ0v) is 23.7. The van der Waals surface area contributed by atoms with E-state index in [0.717, 1.165) is 11.3 Å². The normalized spacial score (nSPS) is 12.4. The topological polar surface area (TPSA) is 40.5 Å². The van der Waals surface area contributed by atoms with E-state index in [1.807, 2.05) is 32.9 Å². The fourth-order valence-corrected chi connectivity index (χ4v) is 21.2. The predicted octanol–water partition coefficient (Wildman–Crippen LogP) is 7.49. The SMILES string of the molecule is CCC[CH2][Sn]([CH2]CCC)([CH2]CCC)[c]1cn(C(=O)OC(C)(C)C)c2ccc(OC)cc12. The molecule has 0 radical (unpaired) electrons. The first-order valence-electron chi connectivity index (χ1n) is 12.1. The van der Waals surface area contributed by atoms with Gasteiger partial charge in [-0.2, -0.15) is 0 Å². The number of hydrogen-bond acceptors (Lipinski definition) is 3. The number of carbonyl (C=O) groups excluding carboxylic acids is 1. The van der Waals surface area contributed by atoms with Gasteiger partial charge in [0.1, 0.15) is 0 Å². The Labute approximate surface area is 193 Å². The summed E-state index contributed by atoms with van der Waals surface area (Å²) >= 11 is -2.76. The minimum absolute atomic E-state index is 0.282. The minimum atomic E-state index is -2.76. The first kappa shape index (κ1) is 26.1. The van der Waals surface area contributed by atoms with Gasteiger partial charge >= 0.3 is 194 Å². The fourth-order valence-electron chi connectivity index (χ4n) is 4.55. The van der Waals surface area contributed by atoms with Gasteiger partial charge < -0.3 is 0 Å². The first-order chi connectivity index (χ1) is 14.7. The van der Waals surface area contributed by atoms with Crippen LogP contribution in [0.2, 0.25) is 13.3 Å². The van der Waals surface area contributed by atoms with E-state index in [1.54, 1.807) is 11.7 Å². The van der Waals surface area contributed by atoms with Crippen molar-refractivity contribution in [3.8, 4) is 5.75 Å². The Hall–Kier alpha value is -1.17. The predicted molar refractivity (Wildman–Crippen MR) is 135 cm³/mol. The molecule has 0 aliphatic heterocycles. The molecule has 2 rings (SSSR count). The van der Waals surface area contributed by atoms with Gasteiger partial charge in [0.05, 0.1) is 0 Å². The van der Waals surface area contributed by atoms with Gasteiger partial charge in [-0.1, -0.05) is 0 Å². The molecule has 0 fully saturated rings. The summed E-state index contributed by atoms with van der Waals surface area (Å²) in [4.78, 5) is 13.1. The third-order valence-corrected chi connectivity index (χ3v) is 21.8. The quantitative estimate of drug-likeness (QED) is 0.280. The van der Waals surface area contributed by atoms with E-state index in [1.165, 1.54) is 60.8 Å². The van der Waals surface area contributed by atoms with Crippen molar-refractivity contribution in [3.63, 3.8) is 0 Å². The number of ether oxygens (including phenoxy) is 2. The van der Waals surface area contributed by atoms with Crippen molar-refractivity contribution in [2.45, 2.75) is 99.0 Å². The van der Waals surface area contributed by atoms with Crippen LogP contribution in [0.15, 0.2) is 24.4 Å². The van der Waals surface area contributed by atoms with E-state index in [0.29, 0.717) is 0 Å². The Morgan fingerprint density at radius 1 is 0.968 bits per heavy atom. The number of benzene rings is 1. The maximum atomic E-state index is 13.1. The van der Waals surface area contributed by atoms with Crippen LogP contribution in [-0.4, -0.2) is 41.7 Å². The number of methoxy groups -OCH3 is 1. The zero-order chi connectivity index (χ0) is 23.1. The number of carbonyl (C=O) groups is 1. The van der Waals surface area contributed by atoms with Crippen LogP contribution >= 0.6 is 0 Å². The fraction of sp³-hybridized carbons (Fsp3) is 0.654. The second-order valence-electron chi connectivity index (χ2n) is 9.87. The van der Waals surface area contributed by atoms with Gasteiger partial charge in [-0.05, 0) is 0 Å². The van der Waals surface area contributed by atoms with Gasteiger partial charge in [0, 0.05) is 0 Å². The molecule has 0 saturated carbocycles. The molecule has 0 unspecified atom stereocenters. The molecule has 0 saturated heterocycles. The molecule has 0 atom stereocenters. The molecule has 1 aromatic heterocycles. The third-order valence-electron chi connectivity index (χ3n) is 6.20. The molecule has 1 aromatic carbocycles. The van der Waals surface area contributed by atoms with E-state index in [9.17, 15) is 4.79 Å². The first-order valence-corrected chi connectivity index (χ1v) is 19.6. The molecule has 2 aromatic rings. The van der Waals surface area contributed by atoms with Crippen molar-refractivity contribution in [3.05, 3.63) is 24.4 Å². The van der Waals surface area contributed by atoms with Gasteiger partial charge in [-0.25, -0.2) is 0 Å². The molecule has 0 aliphatic rings. The van der Waals surface area contributed by atoms with Crippen molar-refractivity contribution >= 4 is 39.0 Å².